The average molecular weight is 334 g/mol. The number of nitro benzene ring substituents is 1. The summed E-state index contributed by atoms with van der Waals surface area (Å²) in [7, 11) is 1.95. The van der Waals surface area contributed by atoms with Crippen molar-refractivity contribution in [1.82, 2.24) is 0 Å². The first kappa shape index (κ1) is 17.1. The number of aryl methyl sites for hydroxylation is 1. The Balaban J connectivity index is 2.05. The first-order valence-electron chi connectivity index (χ1n) is 7.29. The number of nitrogens with zero attached hydrogens (tertiary/aromatic N) is 1. The summed E-state index contributed by atoms with van der Waals surface area (Å²) in [6, 6.07) is 7.91. The van der Waals surface area contributed by atoms with Crippen LogP contribution in [0.3, 0.4) is 0 Å². The minimum Gasteiger partial charge on any atom is -0.323 e. The third-order valence-electron chi connectivity index (χ3n) is 3.90. The fraction of sp³-hybridized carbons (Fsp3) is 0.312. The lowest BCUT2D eigenvalue weighted by molar-refractivity contribution is -0.907. The van der Waals surface area contributed by atoms with Crippen molar-refractivity contribution in [3.05, 3.63) is 56.3 Å². The van der Waals surface area contributed by atoms with E-state index in [0.29, 0.717) is 0 Å². The van der Waals surface area contributed by atoms with Gasteiger partial charge in [-0.1, -0.05) is 12.1 Å². The molecule has 2 N–H and O–H groups in total. The lowest BCUT2D eigenvalue weighted by Gasteiger charge is -2.20. The number of thiophene rings is 1. The Kier molecular flexibility index (Phi) is 5.46. The molecule has 0 saturated carbocycles. The maximum atomic E-state index is 12.4. The maximum Gasteiger partial charge on any atom is 0.292 e. The first-order chi connectivity index (χ1) is 10.9. The molecular formula is C16H20N3O3S+. The molecule has 0 saturated heterocycles. The van der Waals surface area contributed by atoms with Crippen molar-refractivity contribution in [1.29, 1.82) is 0 Å². The van der Waals surface area contributed by atoms with Crippen molar-refractivity contribution in [3.8, 4) is 0 Å². The van der Waals surface area contributed by atoms with Crippen molar-refractivity contribution < 1.29 is 14.6 Å². The Morgan fingerprint density at radius 2 is 2.09 bits per heavy atom. The van der Waals surface area contributed by atoms with E-state index in [1.807, 2.05) is 19.4 Å². The zero-order valence-electron chi connectivity index (χ0n) is 13.3. The number of hydrogen-bond acceptors (Lipinski definition) is 4. The molecule has 1 heterocycles. The van der Waals surface area contributed by atoms with E-state index < -0.39 is 4.92 Å². The highest BCUT2D eigenvalue weighted by atomic mass is 32.1. The van der Waals surface area contributed by atoms with Crippen LogP contribution in [0.5, 0.6) is 0 Å². The molecule has 0 radical (unpaired) electrons. The minimum absolute atomic E-state index is 0.0974. The van der Waals surface area contributed by atoms with E-state index >= 15 is 0 Å². The van der Waals surface area contributed by atoms with Gasteiger partial charge in [0.2, 0.25) is 0 Å². The predicted octanol–water partition coefficient (Wildman–Crippen LogP) is 2.01. The number of carbonyl (C=O) groups excluding carboxylic acids is 1. The van der Waals surface area contributed by atoms with Gasteiger partial charge in [-0.3, -0.25) is 14.9 Å². The van der Waals surface area contributed by atoms with Crippen LogP contribution in [0.2, 0.25) is 0 Å². The van der Waals surface area contributed by atoms with Crippen LogP contribution in [-0.2, 0) is 11.3 Å². The molecule has 1 unspecified atom stereocenters. The highest BCUT2D eigenvalue weighted by molar-refractivity contribution is 7.10. The van der Waals surface area contributed by atoms with Crippen molar-refractivity contribution >= 4 is 28.6 Å². The van der Waals surface area contributed by atoms with Crippen LogP contribution < -0.4 is 10.2 Å². The van der Waals surface area contributed by atoms with Crippen LogP contribution in [0.4, 0.5) is 11.4 Å². The molecule has 2 aromatic rings. The zero-order chi connectivity index (χ0) is 17.0. The molecular weight excluding hydrogens is 314 g/mol. The van der Waals surface area contributed by atoms with E-state index in [1.54, 1.807) is 29.5 Å². The summed E-state index contributed by atoms with van der Waals surface area (Å²) in [5.74, 6) is -0.231. The van der Waals surface area contributed by atoms with Gasteiger partial charge < -0.3 is 10.2 Å². The zero-order valence-corrected chi connectivity index (χ0v) is 14.1. The average Bonchev–Trinajstić information content (AvgIpc) is 2.91. The number of para-hydroxylation sites is 2. The van der Waals surface area contributed by atoms with E-state index in [0.717, 1.165) is 11.4 Å². The standard InChI is InChI=1S/C16H19N3O3S/c1-11-8-9-23-15(11)10-18(3)12(2)16(20)17-13-6-4-5-7-14(13)19(21)22/h4-9,12H,10H2,1-3H3,(H,17,20)/p+1/t12-/m0/s1. The second-order valence-electron chi connectivity index (χ2n) is 5.54. The van der Waals surface area contributed by atoms with Crippen molar-refractivity contribution in [2.24, 2.45) is 0 Å². The normalized spacial score (nSPS) is 13.3. The van der Waals surface area contributed by atoms with Gasteiger partial charge in [0, 0.05) is 6.07 Å². The molecule has 2 rings (SSSR count). The number of anilines is 1. The molecule has 122 valence electrons. The number of likely N-dealkylation sites (N-methyl/N-ethyl adjacent to an activating group) is 1. The Hall–Kier alpha value is -2.25. The quantitative estimate of drug-likeness (QED) is 0.627. The number of quaternary nitrogens is 1. The predicted molar refractivity (Wildman–Crippen MR) is 90.8 cm³/mol. The molecule has 0 spiro atoms. The fourth-order valence-corrected chi connectivity index (χ4v) is 3.20. The second kappa shape index (κ2) is 7.34. The van der Waals surface area contributed by atoms with E-state index in [4.69, 9.17) is 0 Å². The molecule has 0 fully saturated rings. The van der Waals surface area contributed by atoms with Crippen LogP contribution in [0.15, 0.2) is 35.7 Å². The molecule has 23 heavy (non-hydrogen) atoms. The number of amides is 1. The fourth-order valence-electron chi connectivity index (χ4n) is 2.19. The summed E-state index contributed by atoms with van der Waals surface area (Å²) in [5.41, 5.74) is 1.36. The van der Waals surface area contributed by atoms with Gasteiger partial charge in [-0.05, 0) is 36.9 Å². The van der Waals surface area contributed by atoms with Gasteiger partial charge in [-0.25, -0.2) is 0 Å². The third kappa shape index (κ3) is 4.14. The topological polar surface area (TPSA) is 76.7 Å². The number of benzene rings is 1. The third-order valence-corrected chi connectivity index (χ3v) is 4.92. The number of carbonyl (C=O) groups is 1. The Labute approximate surface area is 138 Å². The highest BCUT2D eigenvalue weighted by Gasteiger charge is 2.25. The Morgan fingerprint density at radius 3 is 2.70 bits per heavy atom. The van der Waals surface area contributed by atoms with Crippen molar-refractivity contribution in [2.45, 2.75) is 26.4 Å². The largest absolute Gasteiger partial charge is 0.323 e. The molecule has 0 aliphatic carbocycles. The smallest absolute Gasteiger partial charge is 0.292 e. The minimum atomic E-state index is -0.494. The summed E-state index contributed by atoms with van der Waals surface area (Å²) in [6.07, 6.45) is 0. The van der Waals surface area contributed by atoms with Crippen LogP contribution >= 0.6 is 11.3 Å². The van der Waals surface area contributed by atoms with Gasteiger partial charge in [0.15, 0.2) is 6.04 Å². The molecule has 0 aliphatic rings. The molecule has 0 bridgehead atoms. The molecule has 7 heteroatoms. The summed E-state index contributed by atoms with van der Waals surface area (Å²) in [4.78, 5) is 25.2. The van der Waals surface area contributed by atoms with Crippen LogP contribution in [0.1, 0.15) is 17.4 Å². The van der Waals surface area contributed by atoms with Gasteiger partial charge >= 0.3 is 0 Å². The summed E-state index contributed by atoms with van der Waals surface area (Å²) < 4.78 is 0. The van der Waals surface area contributed by atoms with E-state index in [2.05, 4.69) is 18.3 Å². The molecule has 1 aromatic carbocycles. The summed E-state index contributed by atoms with van der Waals surface area (Å²) >= 11 is 1.68. The molecule has 1 aromatic heterocycles. The molecule has 0 aliphatic heterocycles. The van der Waals surface area contributed by atoms with Gasteiger partial charge in [0.05, 0.1) is 16.8 Å². The van der Waals surface area contributed by atoms with Crippen LogP contribution in [0, 0.1) is 17.0 Å². The molecule has 1 amide bonds. The summed E-state index contributed by atoms with van der Waals surface area (Å²) in [6.45, 7) is 4.62. The van der Waals surface area contributed by atoms with Gasteiger partial charge in [0.25, 0.3) is 11.6 Å². The number of nitro groups is 1. The lowest BCUT2D eigenvalue weighted by atomic mass is 10.2. The highest BCUT2D eigenvalue weighted by Crippen LogP contribution is 2.23. The molecule has 6 nitrogen and oxygen atoms in total. The Bertz CT molecular complexity index is 714. The number of rotatable bonds is 6. The van der Waals surface area contributed by atoms with Gasteiger partial charge in [-0.15, -0.1) is 11.3 Å². The SMILES string of the molecule is Cc1ccsc1C[NH+](C)[C@@H](C)C(=O)Nc1ccccc1[N+](=O)[O-]. The van der Waals surface area contributed by atoms with Crippen LogP contribution in [-0.4, -0.2) is 23.9 Å². The van der Waals surface area contributed by atoms with Crippen molar-refractivity contribution in [2.75, 3.05) is 12.4 Å². The Morgan fingerprint density at radius 1 is 1.39 bits per heavy atom. The van der Waals surface area contributed by atoms with Crippen molar-refractivity contribution in [3.63, 3.8) is 0 Å². The van der Waals surface area contributed by atoms with Gasteiger partial charge in [0.1, 0.15) is 12.2 Å². The first-order valence-corrected chi connectivity index (χ1v) is 8.17. The monoisotopic (exact) mass is 334 g/mol. The van der Waals surface area contributed by atoms with Crippen LogP contribution in [0.25, 0.3) is 0 Å². The van der Waals surface area contributed by atoms with E-state index in [-0.39, 0.29) is 23.3 Å². The van der Waals surface area contributed by atoms with E-state index in [9.17, 15) is 14.9 Å². The number of hydrogen-bond donors (Lipinski definition) is 2. The lowest BCUT2D eigenvalue weighted by Crippen LogP contribution is -3.12. The summed E-state index contributed by atoms with van der Waals surface area (Å²) in [5, 5.41) is 15.7. The van der Waals surface area contributed by atoms with E-state index in [1.165, 1.54) is 16.5 Å². The second-order valence-corrected chi connectivity index (χ2v) is 6.54. The van der Waals surface area contributed by atoms with Gasteiger partial charge in [-0.2, -0.15) is 0 Å². The molecule has 2 atom stereocenters. The number of nitrogens with one attached hydrogen (secondary N) is 2. The maximum absolute atomic E-state index is 12.4.